The highest BCUT2D eigenvalue weighted by molar-refractivity contribution is 9.10. The smallest absolute Gasteiger partial charge is 0.148 e. The lowest BCUT2D eigenvalue weighted by Gasteiger charge is -2.13. The zero-order valence-electron chi connectivity index (χ0n) is 13.6. The number of allylic oxidation sites excluding steroid dienone is 1. The van der Waals surface area contributed by atoms with Crippen LogP contribution in [0, 0.1) is 5.82 Å². The Morgan fingerprint density at radius 1 is 1.38 bits per heavy atom. The van der Waals surface area contributed by atoms with E-state index in [1.54, 1.807) is 23.9 Å². The van der Waals surface area contributed by atoms with Gasteiger partial charge in [0.05, 0.1) is 10.2 Å². The first-order valence-corrected chi connectivity index (χ1v) is 9.55. The topological polar surface area (TPSA) is 50.9 Å². The second kappa shape index (κ2) is 9.08. The molecule has 0 unspecified atom stereocenters. The number of nitrogen functional groups attached to an aromatic ring is 1. The molecule has 0 aliphatic carbocycles. The van der Waals surface area contributed by atoms with Crippen molar-refractivity contribution in [2.45, 2.75) is 37.0 Å². The molecular formula is C18H21BrFN3S. The van der Waals surface area contributed by atoms with Crippen molar-refractivity contribution in [2.75, 3.05) is 11.1 Å². The fourth-order valence-corrected chi connectivity index (χ4v) is 3.58. The summed E-state index contributed by atoms with van der Waals surface area (Å²) in [5.41, 5.74) is 8.78. The van der Waals surface area contributed by atoms with Crippen molar-refractivity contribution in [3.8, 4) is 0 Å². The first kappa shape index (κ1) is 18.8. The number of hydrogen-bond donors (Lipinski definition) is 2. The molecule has 0 saturated heterocycles. The number of nitrogens with zero attached hydrogens (tertiary/aromatic N) is 1. The lowest BCUT2D eigenvalue weighted by atomic mass is 10.2. The van der Waals surface area contributed by atoms with E-state index in [1.165, 1.54) is 12.1 Å². The molecule has 0 atom stereocenters. The van der Waals surface area contributed by atoms with Gasteiger partial charge in [-0.2, -0.15) is 0 Å². The van der Waals surface area contributed by atoms with E-state index in [9.17, 15) is 4.39 Å². The van der Waals surface area contributed by atoms with Crippen molar-refractivity contribution in [1.82, 2.24) is 4.98 Å². The molecule has 0 spiro atoms. The van der Waals surface area contributed by atoms with Crippen LogP contribution in [0.3, 0.4) is 0 Å². The third kappa shape index (κ3) is 5.53. The van der Waals surface area contributed by atoms with Crippen molar-refractivity contribution >= 4 is 39.2 Å². The Balaban J connectivity index is 2.03. The zero-order chi connectivity index (χ0) is 17.5. The molecule has 2 rings (SSSR count). The Kier molecular flexibility index (Phi) is 7.12. The van der Waals surface area contributed by atoms with Crippen LogP contribution in [0.2, 0.25) is 0 Å². The molecule has 1 aromatic carbocycles. The van der Waals surface area contributed by atoms with Crippen molar-refractivity contribution in [3.63, 3.8) is 0 Å². The second-order valence-electron chi connectivity index (χ2n) is 5.46. The lowest BCUT2D eigenvalue weighted by molar-refractivity contribution is 0.627. The second-order valence-corrected chi connectivity index (χ2v) is 7.27. The third-order valence-corrected chi connectivity index (χ3v) is 5.33. The first-order chi connectivity index (χ1) is 11.5. The van der Waals surface area contributed by atoms with Crippen molar-refractivity contribution in [2.24, 2.45) is 0 Å². The van der Waals surface area contributed by atoms with Crippen molar-refractivity contribution < 1.29 is 4.39 Å². The van der Waals surface area contributed by atoms with Gasteiger partial charge in [-0.3, -0.25) is 0 Å². The summed E-state index contributed by atoms with van der Waals surface area (Å²) in [6.45, 7) is 6.16. The number of rotatable bonds is 8. The quantitative estimate of drug-likeness (QED) is 0.526. The number of aromatic nitrogens is 1. The van der Waals surface area contributed by atoms with Gasteiger partial charge in [-0.05, 0) is 52.5 Å². The van der Waals surface area contributed by atoms with Crippen LogP contribution in [-0.2, 0) is 5.75 Å². The highest BCUT2D eigenvalue weighted by atomic mass is 79.9. The Hall–Kier alpha value is -1.53. The molecule has 0 saturated carbocycles. The van der Waals surface area contributed by atoms with Crippen LogP contribution in [0.25, 0.3) is 0 Å². The molecule has 0 radical (unpaired) electrons. The average Bonchev–Trinajstić information content (AvgIpc) is 2.56. The van der Waals surface area contributed by atoms with Crippen molar-refractivity contribution in [3.05, 3.63) is 58.5 Å². The van der Waals surface area contributed by atoms with E-state index < -0.39 is 0 Å². The molecule has 1 heterocycles. The van der Waals surface area contributed by atoms with Crippen LogP contribution in [0.1, 0.15) is 31.7 Å². The number of hydrogen-bond acceptors (Lipinski definition) is 4. The first-order valence-electron chi connectivity index (χ1n) is 7.77. The fraction of sp³-hybridized carbons (Fsp3) is 0.278. The minimum atomic E-state index is -0.231. The standard InChI is InChI=1S/C18H21BrFN3S/c1-3-4-5-12(2)22-16-10-15(19)18(23-17(16)21)24-11-13-6-8-14(20)9-7-13/h6-10,22H,2-5,11H2,1H3,(H2,21,23). The molecule has 24 heavy (non-hydrogen) atoms. The molecule has 6 heteroatoms. The summed E-state index contributed by atoms with van der Waals surface area (Å²) in [6, 6.07) is 8.39. The molecule has 0 bridgehead atoms. The van der Waals surface area contributed by atoms with E-state index in [1.807, 2.05) is 6.07 Å². The van der Waals surface area contributed by atoms with E-state index in [-0.39, 0.29) is 5.82 Å². The van der Waals surface area contributed by atoms with Crippen LogP contribution < -0.4 is 11.1 Å². The van der Waals surface area contributed by atoms with Gasteiger partial charge in [-0.15, -0.1) is 11.8 Å². The van der Waals surface area contributed by atoms with Gasteiger partial charge in [-0.1, -0.05) is 32.1 Å². The molecule has 1 aromatic heterocycles. The van der Waals surface area contributed by atoms with Gasteiger partial charge >= 0.3 is 0 Å². The Morgan fingerprint density at radius 3 is 2.75 bits per heavy atom. The van der Waals surface area contributed by atoms with Crippen LogP contribution in [0.5, 0.6) is 0 Å². The summed E-state index contributed by atoms with van der Waals surface area (Å²) in [7, 11) is 0. The number of thioether (sulfide) groups is 1. The number of unbranched alkanes of at least 4 members (excludes halogenated alkanes) is 1. The Morgan fingerprint density at radius 2 is 2.08 bits per heavy atom. The molecule has 128 valence electrons. The summed E-state index contributed by atoms with van der Waals surface area (Å²) in [5.74, 6) is 0.907. The number of nitrogens with two attached hydrogens (primary N) is 1. The number of anilines is 2. The largest absolute Gasteiger partial charge is 0.382 e. The molecule has 2 aromatic rings. The highest BCUT2D eigenvalue weighted by Gasteiger charge is 2.10. The Bertz CT molecular complexity index is 704. The van der Waals surface area contributed by atoms with Crippen LogP contribution in [0.15, 0.2) is 52.1 Å². The Labute approximate surface area is 155 Å². The molecule has 0 aliphatic heterocycles. The summed E-state index contributed by atoms with van der Waals surface area (Å²) in [6.07, 6.45) is 3.12. The van der Waals surface area contributed by atoms with Gasteiger partial charge in [0.2, 0.25) is 0 Å². The van der Waals surface area contributed by atoms with Gasteiger partial charge in [0.15, 0.2) is 0 Å². The summed E-state index contributed by atoms with van der Waals surface area (Å²) in [4.78, 5) is 4.45. The van der Waals surface area contributed by atoms with Gasteiger partial charge in [0.1, 0.15) is 16.7 Å². The SMILES string of the molecule is C=C(CCCC)Nc1cc(Br)c(SCc2ccc(F)cc2)nc1N. The maximum absolute atomic E-state index is 12.9. The van der Waals surface area contributed by atoms with E-state index in [0.717, 1.165) is 45.7 Å². The van der Waals surface area contributed by atoms with E-state index >= 15 is 0 Å². The van der Waals surface area contributed by atoms with Crippen LogP contribution >= 0.6 is 27.7 Å². The molecule has 0 fully saturated rings. The van der Waals surface area contributed by atoms with Crippen LogP contribution in [-0.4, -0.2) is 4.98 Å². The third-order valence-electron chi connectivity index (χ3n) is 3.41. The zero-order valence-corrected chi connectivity index (χ0v) is 16.0. The predicted molar refractivity (Wildman–Crippen MR) is 105 cm³/mol. The molecule has 3 nitrogen and oxygen atoms in total. The summed E-state index contributed by atoms with van der Waals surface area (Å²) < 4.78 is 13.8. The van der Waals surface area contributed by atoms with Gasteiger partial charge < -0.3 is 11.1 Å². The molecular weight excluding hydrogens is 389 g/mol. The number of halogens is 2. The number of benzene rings is 1. The lowest BCUT2D eigenvalue weighted by Crippen LogP contribution is -2.04. The van der Waals surface area contributed by atoms with Gasteiger partial charge in [0, 0.05) is 11.4 Å². The number of nitrogens with one attached hydrogen (secondary N) is 1. The normalized spacial score (nSPS) is 10.6. The fourth-order valence-electron chi connectivity index (χ4n) is 2.06. The number of pyridine rings is 1. The summed E-state index contributed by atoms with van der Waals surface area (Å²) in [5, 5.41) is 4.04. The summed E-state index contributed by atoms with van der Waals surface area (Å²) >= 11 is 5.09. The maximum Gasteiger partial charge on any atom is 0.148 e. The van der Waals surface area contributed by atoms with Crippen LogP contribution in [0.4, 0.5) is 15.9 Å². The average molecular weight is 410 g/mol. The highest BCUT2D eigenvalue weighted by Crippen LogP contribution is 2.33. The molecule has 0 amide bonds. The van der Waals surface area contributed by atoms with Gasteiger partial charge in [-0.25, -0.2) is 9.37 Å². The van der Waals surface area contributed by atoms with E-state index in [0.29, 0.717) is 11.6 Å². The van der Waals surface area contributed by atoms with Gasteiger partial charge in [0.25, 0.3) is 0 Å². The minimum absolute atomic E-state index is 0.231. The monoisotopic (exact) mass is 409 g/mol. The molecule has 3 N–H and O–H groups in total. The van der Waals surface area contributed by atoms with E-state index in [2.05, 4.69) is 39.7 Å². The van der Waals surface area contributed by atoms with E-state index in [4.69, 9.17) is 5.73 Å². The minimum Gasteiger partial charge on any atom is -0.382 e. The maximum atomic E-state index is 12.9. The predicted octanol–water partition coefficient (Wildman–Crippen LogP) is 5.97. The van der Waals surface area contributed by atoms with Crippen molar-refractivity contribution in [1.29, 1.82) is 0 Å². The molecule has 0 aliphatic rings.